The normalized spacial score (nSPS) is 13.9. The highest BCUT2D eigenvalue weighted by Gasteiger charge is 2.24. The van der Waals surface area contributed by atoms with Gasteiger partial charge in [0, 0.05) is 29.6 Å². The van der Waals surface area contributed by atoms with Crippen LogP contribution in [0.25, 0.3) is 10.9 Å². The lowest BCUT2D eigenvalue weighted by Crippen LogP contribution is -2.35. The molecule has 0 radical (unpaired) electrons. The van der Waals surface area contributed by atoms with E-state index in [0.29, 0.717) is 28.9 Å². The summed E-state index contributed by atoms with van der Waals surface area (Å²) in [6.07, 6.45) is -0.408. The maximum Gasteiger partial charge on any atom is 0.407 e. The molecule has 2 aromatic rings. The first-order valence-corrected chi connectivity index (χ1v) is 6.47. The largest absolute Gasteiger partial charge is 0.465 e. The molecule has 1 aliphatic rings. The van der Waals surface area contributed by atoms with Crippen LogP contribution in [0.15, 0.2) is 18.2 Å². The number of rotatable bonds is 0. The molecule has 100 valence electrons. The number of hydrogen-bond acceptors (Lipinski definition) is 3. The first-order valence-electron chi connectivity index (χ1n) is 6.09. The van der Waals surface area contributed by atoms with Crippen LogP contribution in [0.1, 0.15) is 16.8 Å². The smallest absolute Gasteiger partial charge is 0.407 e. The average molecular weight is 288 g/mol. The van der Waals surface area contributed by atoms with Crippen molar-refractivity contribution in [1.82, 2.24) is 9.88 Å². The van der Waals surface area contributed by atoms with Crippen LogP contribution < -0.4 is 0 Å². The zero-order chi connectivity index (χ0) is 14.3. The molecular formula is C14H10ClN3O2. The number of fused-ring (bicyclic) bond motifs is 2. The highest BCUT2D eigenvalue weighted by Crippen LogP contribution is 2.32. The van der Waals surface area contributed by atoms with E-state index in [-0.39, 0.29) is 6.54 Å². The van der Waals surface area contributed by atoms with Crippen LogP contribution in [0.4, 0.5) is 4.79 Å². The van der Waals surface area contributed by atoms with Crippen molar-refractivity contribution in [3.63, 3.8) is 0 Å². The van der Waals surface area contributed by atoms with Crippen molar-refractivity contribution in [2.24, 2.45) is 0 Å². The summed E-state index contributed by atoms with van der Waals surface area (Å²) >= 11 is 6.39. The van der Waals surface area contributed by atoms with Crippen molar-refractivity contribution >= 4 is 28.6 Å². The van der Waals surface area contributed by atoms with E-state index in [1.807, 2.05) is 0 Å². The first-order chi connectivity index (χ1) is 9.60. The Kier molecular flexibility index (Phi) is 2.96. The molecule has 6 heteroatoms. The molecule has 1 aliphatic heterocycles. The van der Waals surface area contributed by atoms with Gasteiger partial charge in [-0.05, 0) is 18.2 Å². The van der Waals surface area contributed by atoms with E-state index < -0.39 is 6.09 Å². The second-order valence-electron chi connectivity index (χ2n) is 4.65. The summed E-state index contributed by atoms with van der Waals surface area (Å²) in [4.78, 5) is 16.9. The van der Waals surface area contributed by atoms with Gasteiger partial charge in [0.05, 0.1) is 28.7 Å². The van der Waals surface area contributed by atoms with Crippen LogP contribution >= 0.6 is 11.6 Å². The number of benzene rings is 1. The molecule has 2 heterocycles. The number of carbonyl (C=O) groups is 1. The quantitative estimate of drug-likeness (QED) is 0.808. The third kappa shape index (κ3) is 1.95. The summed E-state index contributed by atoms with van der Waals surface area (Å²) in [5, 5.41) is 19.2. The zero-order valence-electron chi connectivity index (χ0n) is 10.4. The predicted octanol–water partition coefficient (Wildman–Crippen LogP) is 2.80. The van der Waals surface area contributed by atoms with Gasteiger partial charge < -0.3 is 10.0 Å². The summed E-state index contributed by atoms with van der Waals surface area (Å²) in [5.74, 6) is 0. The highest BCUT2D eigenvalue weighted by atomic mass is 35.5. The maximum absolute atomic E-state index is 11.1. The SMILES string of the molecule is N#Cc1ccc2nc3c(c(Cl)c2c1)CN(C(=O)O)CC3. The summed E-state index contributed by atoms with van der Waals surface area (Å²) < 4.78 is 0. The Morgan fingerprint density at radius 2 is 2.30 bits per heavy atom. The molecule has 0 fully saturated rings. The molecule has 20 heavy (non-hydrogen) atoms. The molecule has 0 aliphatic carbocycles. The van der Waals surface area contributed by atoms with Crippen LogP contribution in [0.2, 0.25) is 5.02 Å². The zero-order valence-corrected chi connectivity index (χ0v) is 11.2. The Balaban J connectivity index is 2.19. The monoisotopic (exact) mass is 287 g/mol. The van der Waals surface area contributed by atoms with E-state index in [9.17, 15) is 4.79 Å². The Hall–Kier alpha value is -2.32. The number of carboxylic acid groups (broad SMARTS) is 1. The highest BCUT2D eigenvalue weighted by molar-refractivity contribution is 6.36. The van der Waals surface area contributed by atoms with Crippen LogP contribution in [0.3, 0.4) is 0 Å². The Labute approximate surface area is 120 Å². The first kappa shape index (κ1) is 12.7. The molecule has 1 amide bonds. The van der Waals surface area contributed by atoms with Gasteiger partial charge >= 0.3 is 6.09 Å². The summed E-state index contributed by atoms with van der Waals surface area (Å²) in [6.45, 7) is 0.663. The molecule has 1 aromatic carbocycles. The van der Waals surface area contributed by atoms with E-state index in [4.69, 9.17) is 22.0 Å². The fraction of sp³-hybridized carbons (Fsp3) is 0.214. The van der Waals surface area contributed by atoms with Gasteiger partial charge in [-0.15, -0.1) is 0 Å². The van der Waals surface area contributed by atoms with E-state index >= 15 is 0 Å². The lowest BCUT2D eigenvalue weighted by molar-refractivity contribution is 0.139. The lowest BCUT2D eigenvalue weighted by atomic mass is 10.0. The molecule has 0 saturated heterocycles. The molecule has 0 spiro atoms. The maximum atomic E-state index is 11.1. The second-order valence-corrected chi connectivity index (χ2v) is 5.03. The van der Waals surface area contributed by atoms with Gasteiger partial charge in [0.15, 0.2) is 0 Å². The van der Waals surface area contributed by atoms with Gasteiger partial charge in [-0.3, -0.25) is 4.98 Å². The molecule has 3 rings (SSSR count). The van der Waals surface area contributed by atoms with Crippen molar-refractivity contribution < 1.29 is 9.90 Å². The van der Waals surface area contributed by atoms with Gasteiger partial charge in [0.1, 0.15) is 0 Å². The summed E-state index contributed by atoms with van der Waals surface area (Å²) in [5.41, 5.74) is 2.82. The predicted molar refractivity (Wildman–Crippen MR) is 73.6 cm³/mol. The average Bonchev–Trinajstić information content (AvgIpc) is 2.47. The fourth-order valence-corrected chi connectivity index (χ4v) is 2.74. The Morgan fingerprint density at radius 1 is 1.50 bits per heavy atom. The summed E-state index contributed by atoms with van der Waals surface area (Å²) in [6, 6.07) is 7.21. The number of aromatic nitrogens is 1. The molecule has 0 bridgehead atoms. The molecule has 5 nitrogen and oxygen atoms in total. The van der Waals surface area contributed by atoms with E-state index in [1.165, 1.54) is 4.90 Å². The number of amides is 1. The molecule has 0 atom stereocenters. The number of halogens is 1. The fourth-order valence-electron chi connectivity index (χ4n) is 2.42. The van der Waals surface area contributed by atoms with Crippen molar-refractivity contribution in [3.05, 3.63) is 40.0 Å². The van der Waals surface area contributed by atoms with Gasteiger partial charge in [0.25, 0.3) is 0 Å². The van der Waals surface area contributed by atoms with Crippen LogP contribution in [-0.2, 0) is 13.0 Å². The van der Waals surface area contributed by atoms with Crippen LogP contribution in [0, 0.1) is 11.3 Å². The van der Waals surface area contributed by atoms with Gasteiger partial charge in [0.2, 0.25) is 0 Å². The lowest BCUT2D eigenvalue weighted by Gasteiger charge is -2.27. The van der Waals surface area contributed by atoms with Crippen LogP contribution in [-0.4, -0.2) is 27.6 Å². The molecule has 1 aromatic heterocycles. The summed E-state index contributed by atoms with van der Waals surface area (Å²) in [7, 11) is 0. The molecule has 0 unspecified atom stereocenters. The van der Waals surface area contributed by atoms with E-state index in [1.54, 1.807) is 18.2 Å². The number of hydrogen-bond donors (Lipinski definition) is 1. The number of nitrogens with zero attached hydrogens (tertiary/aromatic N) is 3. The third-order valence-corrected chi connectivity index (χ3v) is 3.90. The number of nitriles is 1. The molecular weight excluding hydrogens is 278 g/mol. The van der Waals surface area contributed by atoms with Crippen LogP contribution in [0.5, 0.6) is 0 Å². The number of pyridine rings is 1. The minimum Gasteiger partial charge on any atom is -0.465 e. The minimum absolute atomic E-state index is 0.239. The van der Waals surface area contributed by atoms with Crippen molar-refractivity contribution in [1.29, 1.82) is 5.26 Å². The standard InChI is InChI=1S/C14H10ClN3O2/c15-13-9-5-8(6-16)1-2-11(9)17-12-3-4-18(14(19)20)7-10(12)13/h1-2,5H,3-4,7H2,(H,19,20). The van der Waals surface area contributed by atoms with Crippen molar-refractivity contribution in [2.45, 2.75) is 13.0 Å². The second kappa shape index (κ2) is 4.66. The van der Waals surface area contributed by atoms with Gasteiger partial charge in [-0.2, -0.15) is 5.26 Å². The van der Waals surface area contributed by atoms with E-state index in [0.717, 1.165) is 16.8 Å². The Morgan fingerprint density at radius 3 is 3.00 bits per heavy atom. The van der Waals surface area contributed by atoms with Crippen molar-refractivity contribution in [3.8, 4) is 6.07 Å². The topological polar surface area (TPSA) is 77.2 Å². The molecule has 0 saturated carbocycles. The third-order valence-electron chi connectivity index (χ3n) is 3.47. The van der Waals surface area contributed by atoms with Crippen molar-refractivity contribution in [2.75, 3.05) is 6.54 Å². The van der Waals surface area contributed by atoms with E-state index in [2.05, 4.69) is 11.1 Å². The van der Waals surface area contributed by atoms with Gasteiger partial charge in [-0.25, -0.2) is 4.79 Å². The minimum atomic E-state index is -0.961. The van der Waals surface area contributed by atoms with Gasteiger partial charge in [-0.1, -0.05) is 11.6 Å². The Bertz CT molecular complexity index is 767. The molecule has 1 N–H and O–H groups in total.